The topological polar surface area (TPSA) is 58.2 Å². The molecular weight excluding hydrogens is 275 g/mol. The lowest BCUT2D eigenvalue weighted by Crippen LogP contribution is -2.26. The Morgan fingerprint density at radius 3 is 2.64 bits per heavy atom. The highest BCUT2D eigenvalue weighted by Crippen LogP contribution is 2.23. The quantitative estimate of drug-likeness (QED) is 0.882. The largest absolute Gasteiger partial charge is 0.298 e. The standard InChI is InChI=1S/C7H8BrFN2O2S/c1-10-14(12,13)11-7-4-5(9)2-3-6(7)8/h2-4,10-11H,1H3. The summed E-state index contributed by atoms with van der Waals surface area (Å²) in [6.07, 6.45) is 0. The first kappa shape index (κ1) is 11.4. The first-order valence-corrected chi connectivity index (χ1v) is 5.88. The van der Waals surface area contributed by atoms with Crippen LogP contribution in [0.4, 0.5) is 10.1 Å². The Hall–Kier alpha value is -0.660. The minimum Gasteiger partial charge on any atom is -0.270 e. The van der Waals surface area contributed by atoms with Crippen LogP contribution in [0.15, 0.2) is 22.7 Å². The number of anilines is 1. The van der Waals surface area contributed by atoms with E-state index in [0.29, 0.717) is 4.47 Å². The molecule has 4 nitrogen and oxygen atoms in total. The predicted octanol–water partition coefficient (Wildman–Crippen LogP) is 1.46. The summed E-state index contributed by atoms with van der Waals surface area (Å²) in [5, 5.41) is 0. The molecule has 2 N–H and O–H groups in total. The molecule has 0 bridgehead atoms. The van der Waals surface area contributed by atoms with E-state index in [4.69, 9.17) is 0 Å². The maximum atomic E-state index is 12.8. The molecule has 0 atom stereocenters. The van der Waals surface area contributed by atoms with Crippen molar-refractivity contribution in [3.63, 3.8) is 0 Å². The van der Waals surface area contributed by atoms with E-state index in [0.717, 1.165) is 6.07 Å². The van der Waals surface area contributed by atoms with E-state index in [2.05, 4.69) is 25.4 Å². The monoisotopic (exact) mass is 282 g/mol. The normalized spacial score (nSPS) is 11.4. The minimum absolute atomic E-state index is 0.152. The van der Waals surface area contributed by atoms with Crippen LogP contribution < -0.4 is 9.44 Å². The number of hydrogen-bond donors (Lipinski definition) is 2. The molecule has 1 aromatic carbocycles. The zero-order valence-corrected chi connectivity index (χ0v) is 9.62. The van der Waals surface area contributed by atoms with Crippen molar-refractivity contribution in [2.24, 2.45) is 0 Å². The number of nitrogens with one attached hydrogen (secondary N) is 2. The van der Waals surface area contributed by atoms with Crippen LogP contribution >= 0.6 is 15.9 Å². The molecule has 0 aliphatic rings. The van der Waals surface area contributed by atoms with Crippen LogP contribution in [-0.2, 0) is 10.2 Å². The van der Waals surface area contributed by atoms with Crippen molar-refractivity contribution in [2.75, 3.05) is 11.8 Å². The zero-order chi connectivity index (χ0) is 10.8. The number of rotatable bonds is 3. The number of hydrogen-bond acceptors (Lipinski definition) is 2. The van der Waals surface area contributed by atoms with E-state index in [1.54, 1.807) is 0 Å². The predicted molar refractivity (Wildman–Crippen MR) is 55.7 cm³/mol. The maximum absolute atomic E-state index is 12.8. The SMILES string of the molecule is CNS(=O)(=O)Nc1cc(F)ccc1Br. The lowest BCUT2D eigenvalue weighted by molar-refractivity contribution is 0.593. The molecule has 78 valence electrons. The third-order valence-electron chi connectivity index (χ3n) is 1.44. The highest BCUT2D eigenvalue weighted by atomic mass is 79.9. The fraction of sp³-hybridized carbons (Fsp3) is 0.143. The first-order chi connectivity index (χ1) is 6.44. The van der Waals surface area contributed by atoms with E-state index >= 15 is 0 Å². The molecule has 0 saturated carbocycles. The van der Waals surface area contributed by atoms with E-state index in [1.165, 1.54) is 19.2 Å². The smallest absolute Gasteiger partial charge is 0.270 e. The van der Waals surface area contributed by atoms with Gasteiger partial charge in [-0.2, -0.15) is 8.42 Å². The molecule has 0 radical (unpaired) electrons. The second-order valence-electron chi connectivity index (χ2n) is 2.43. The molecule has 0 amide bonds. The highest BCUT2D eigenvalue weighted by Gasteiger charge is 2.09. The molecule has 0 aliphatic heterocycles. The molecular formula is C7H8BrFN2O2S. The van der Waals surface area contributed by atoms with Crippen molar-refractivity contribution in [3.8, 4) is 0 Å². The summed E-state index contributed by atoms with van der Waals surface area (Å²) < 4.78 is 39.6. The lowest BCUT2D eigenvalue weighted by atomic mass is 10.3. The van der Waals surface area contributed by atoms with Gasteiger partial charge in [-0.3, -0.25) is 4.72 Å². The molecule has 0 heterocycles. The zero-order valence-electron chi connectivity index (χ0n) is 7.21. The van der Waals surface area contributed by atoms with Gasteiger partial charge in [0.1, 0.15) is 5.82 Å². The van der Waals surface area contributed by atoms with Crippen LogP contribution in [0.25, 0.3) is 0 Å². The molecule has 14 heavy (non-hydrogen) atoms. The van der Waals surface area contributed by atoms with Gasteiger partial charge in [-0.05, 0) is 34.1 Å². The Labute approximate surface area is 89.8 Å². The molecule has 0 aliphatic carbocycles. The highest BCUT2D eigenvalue weighted by molar-refractivity contribution is 9.10. The van der Waals surface area contributed by atoms with Gasteiger partial charge in [-0.15, -0.1) is 0 Å². The van der Waals surface area contributed by atoms with Gasteiger partial charge in [-0.1, -0.05) is 0 Å². The van der Waals surface area contributed by atoms with Gasteiger partial charge in [-0.25, -0.2) is 9.11 Å². The third kappa shape index (κ3) is 2.93. The van der Waals surface area contributed by atoms with Crippen molar-refractivity contribution in [1.82, 2.24) is 4.72 Å². The van der Waals surface area contributed by atoms with Gasteiger partial charge in [0.15, 0.2) is 0 Å². The van der Waals surface area contributed by atoms with Crippen molar-refractivity contribution in [2.45, 2.75) is 0 Å². The second-order valence-corrected chi connectivity index (χ2v) is 4.91. The minimum atomic E-state index is -3.61. The summed E-state index contributed by atoms with van der Waals surface area (Å²) in [7, 11) is -2.35. The van der Waals surface area contributed by atoms with Gasteiger partial charge >= 0.3 is 0 Å². The number of halogens is 2. The molecule has 1 rings (SSSR count). The van der Waals surface area contributed by atoms with E-state index in [9.17, 15) is 12.8 Å². The van der Waals surface area contributed by atoms with Gasteiger partial charge in [0.25, 0.3) is 10.2 Å². The summed E-state index contributed by atoms with van der Waals surface area (Å²) in [4.78, 5) is 0. The summed E-state index contributed by atoms with van der Waals surface area (Å²) >= 11 is 3.09. The Kier molecular flexibility index (Phi) is 3.46. The van der Waals surface area contributed by atoms with Crippen molar-refractivity contribution >= 4 is 31.8 Å². The summed E-state index contributed by atoms with van der Waals surface area (Å²) in [5.74, 6) is -0.512. The Morgan fingerprint density at radius 1 is 1.43 bits per heavy atom. The Morgan fingerprint density at radius 2 is 2.07 bits per heavy atom. The third-order valence-corrected chi connectivity index (χ3v) is 3.16. The van der Waals surface area contributed by atoms with Crippen molar-refractivity contribution in [3.05, 3.63) is 28.5 Å². The van der Waals surface area contributed by atoms with Crippen LogP contribution in [0.1, 0.15) is 0 Å². The van der Waals surface area contributed by atoms with E-state index in [-0.39, 0.29) is 5.69 Å². The number of benzene rings is 1. The summed E-state index contributed by atoms with van der Waals surface area (Å²) in [5.41, 5.74) is 0.152. The fourth-order valence-corrected chi connectivity index (χ4v) is 1.81. The van der Waals surface area contributed by atoms with Crippen LogP contribution in [0.3, 0.4) is 0 Å². The average Bonchev–Trinajstić information content (AvgIpc) is 2.11. The molecule has 7 heteroatoms. The van der Waals surface area contributed by atoms with Crippen molar-refractivity contribution < 1.29 is 12.8 Å². The van der Waals surface area contributed by atoms with Crippen LogP contribution in [-0.4, -0.2) is 15.5 Å². The molecule has 0 saturated heterocycles. The van der Waals surface area contributed by atoms with Crippen LogP contribution in [0.5, 0.6) is 0 Å². The molecule has 1 aromatic rings. The Balaban J connectivity index is 3.03. The molecule has 0 aromatic heterocycles. The van der Waals surface area contributed by atoms with Crippen LogP contribution in [0, 0.1) is 5.82 Å². The summed E-state index contributed by atoms with van der Waals surface area (Å²) in [6.45, 7) is 0. The van der Waals surface area contributed by atoms with Gasteiger partial charge in [0.05, 0.1) is 5.69 Å². The van der Waals surface area contributed by atoms with Gasteiger partial charge in [0.2, 0.25) is 0 Å². The average molecular weight is 283 g/mol. The van der Waals surface area contributed by atoms with Crippen LogP contribution in [0.2, 0.25) is 0 Å². The van der Waals surface area contributed by atoms with E-state index in [1.807, 2.05) is 0 Å². The van der Waals surface area contributed by atoms with Gasteiger partial charge in [0, 0.05) is 11.5 Å². The van der Waals surface area contributed by atoms with Crippen molar-refractivity contribution in [1.29, 1.82) is 0 Å². The second kappa shape index (κ2) is 4.24. The molecule has 0 spiro atoms. The lowest BCUT2D eigenvalue weighted by Gasteiger charge is -2.07. The van der Waals surface area contributed by atoms with Gasteiger partial charge < -0.3 is 0 Å². The van der Waals surface area contributed by atoms with E-state index < -0.39 is 16.0 Å². The molecule has 0 fully saturated rings. The molecule has 0 unspecified atom stereocenters. The first-order valence-electron chi connectivity index (χ1n) is 3.61. The fourth-order valence-electron chi connectivity index (χ4n) is 0.771. The Bertz CT molecular complexity index is 435. The maximum Gasteiger partial charge on any atom is 0.298 e. The summed E-state index contributed by atoms with van der Waals surface area (Å²) in [6, 6.07) is 3.73.